The van der Waals surface area contributed by atoms with Gasteiger partial charge in [0.25, 0.3) is 0 Å². The molecule has 0 aromatic carbocycles. The third-order valence-electron chi connectivity index (χ3n) is 2.58. The van der Waals surface area contributed by atoms with E-state index < -0.39 is 0 Å². The molecule has 1 unspecified atom stereocenters. The van der Waals surface area contributed by atoms with E-state index in [0.717, 1.165) is 0 Å². The van der Waals surface area contributed by atoms with Crippen molar-refractivity contribution in [3.05, 3.63) is 0 Å². The number of nitrogens with zero attached hydrogens (tertiary/aromatic N) is 1. The van der Waals surface area contributed by atoms with Crippen molar-refractivity contribution >= 4 is 5.91 Å². The zero-order chi connectivity index (χ0) is 11.4. The molecule has 0 heterocycles. The lowest BCUT2D eigenvalue weighted by Gasteiger charge is -2.34. The number of carbonyl (C=O) groups is 1. The summed E-state index contributed by atoms with van der Waals surface area (Å²) < 4.78 is 0. The van der Waals surface area contributed by atoms with Gasteiger partial charge < -0.3 is 16.0 Å². The van der Waals surface area contributed by atoms with Crippen molar-refractivity contribution in [1.29, 1.82) is 0 Å². The van der Waals surface area contributed by atoms with Gasteiger partial charge in [0.1, 0.15) is 0 Å². The predicted octanol–water partition coefficient (Wildman–Crippen LogP) is 0.0376. The number of rotatable bonds is 5. The van der Waals surface area contributed by atoms with Gasteiger partial charge in [0.2, 0.25) is 5.91 Å². The second-order valence-electron chi connectivity index (χ2n) is 4.56. The van der Waals surface area contributed by atoms with Crippen LogP contribution in [0.5, 0.6) is 0 Å². The fourth-order valence-corrected chi connectivity index (χ4v) is 1.08. The van der Waals surface area contributed by atoms with Crippen molar-refractivity contribution in [2.45, 2.75) is 26.3 Å². The third-order valence-corrected chi connectivity index (χ3v) is 2.58. The summed E-state index contributed by atoms with van der Waals surface area (Å²) in [5.74, 6) is 0.357. The maximum atomic E-state index is 11.5. The predicted molar refractivity (Wildman–Crippen MR) is 59.0 cm³/mol. The normalized spacial score (nSPS) is 15.7. The van der Waals surface area contributed by atoms with Gasteiger partial charge in [0.05, 0.1) is 12.1 Å². The van der Waals surface area contributed by atoms with Gasteiger partial charge in [-0.25, -0.2) is 0 Å². The number of carbonyl (C=O) groups excluding carboxylic acids is 1. The van der Waals surface area contributed by atoms with E-state index in [0.29, 0.717) is 19.0 Å². The Morgan fingerprint density at radius 3 is 2.29 bits per heavy atom. The summed E-state index contributed by atoms with van der Waals surface area (Å²) in [6.45, 7) is 6.96. The van der Waals surface area contributed by atoms with E-state index in [1.807, 2.05) is 25.9 Å². The van der Waals surface area contributed by atoms with Crippen molar-refractivity contribution in [3.63, 3.8) is 0 Å². The van der Waals surface area contributed by atoms with E-state index >= 15 is 0 Å². The van der Waals surface area contributed by atoms with Crippen molar-refractivity contribution in [1.82, 2.24) is 10.2 Å². The molecule has 0 spiro atoms. The molecular formula is C10H23N3O. The molecule has 84 valence electrons. The SMILES string of the molecule is CC(C)C(C)(CN)NC(=O)CN(C)C. The molecule has 0 aliphatic heterocycles. The van der Waals surface area contributed by atoms with Crippen molar-refractivity contribution in [3.8, 4) is 0 Å². The van der Waals surface area contributed by atoms with E-state index in [1.54, 1.807) is 0 Å². The Balaban J connectivity index is 4.25. The first-order valence-electron chi connectivity index (χ1n) is 4.97. The van der Waals surface area contributed by atoms with Gasteiger partial charge in [0.15, 0.2) is 0 Å². The van der Waals surface area contributed by atoms with Crippen molar-refractivity contribution in [2.24, 2.45) is 11.7 Å². The Hall–Kier alpha value is -0.610. The standard InChI is InChI=1S/C10H23N3O/c1-8(2)10(3,7-11)12-9(14)6-13(4)5/h8H,6-7,11H2,1-5H3,(H,12,14). The van der Waals surface area contributed by atoms with Crippen LogP contribution in [0.1, 0.15) is 20.8 Å². The molecule has 0 aromatic rings. The molecule has 0 saturated heterocycles. The van der Waals surface area contributed by atoms with Crippen molar-refractivity contribution < 1.29 is 4.79 Å². The highest BCUT2D eigenvalue weighted by atomic mass is 16.2. The number of nitrogens with one attached hydrogen (secondary N) is 1. The molecule has 4 heteroatoms. The fraction of sp³-hybridized carbons (Fsp3) is 0.900. The lowest BCUT2D eigenvalue weighted by atomic mass is 9.88. The van der Waals surface area contributed by atoms with Crippen LogP contribution in [0.2, 0.25) is 0 Å². The maximum absolute atomic E-state index is 11.5. The van der Waals surface area contributed by atoms with E-state index in [-0.39, 0.29) is 11.4 Å². The highest BCUT2D eigenvalue weighted by Gasteiger charge is 2.28. The molecule has 3 N–H and O–H groups in total. The zero-order valence-electron chi connectivity index (χ0n) is 9.92. The quantitative estimate of drug-likeness (QED) is 0.660. The summed E-state index contributed by atoms with van der Waals surface area (Å²) >= 11 is 0. The van der Waals surface area contributed by atoms with Gasteiger partial charge in [0, 0.05) is 6.54 Å². The monoisotopic (exact) mass is 201 g/mol. The van der Waals surface area contributed by atoms with Crippen LogP contribution in [0, 0.1) is 5.92 Å². The average Bonchev–Trinajstić information content (AvgIpc) is 2.01. The lowest BCUT2D eigenvalue weighted by Crippen LogP contribution is -2.56. The Morgan fingerprint density at radius 1 is 1.50 bits per heavy atom. The largest absolute Gasteiger partial charge is 0.348 e. The molecule has 1 atom stereocenters. The number of hydrogen-bond acceptors (Lipinski definition) is 3. The highest BCUT2D eigenvalue weighted by Crippen LogP contribution is 2.14. The molecule has 0 rings (SSSR count). The maximum Gasteiger partial charge on any atom is 0.234 e. The zero-order valence-corrected chi connectivity index (χ0v) is 9.92. The first-order valence-corrected chi connectivity index (χ1v) is 4.97. The molecule has 1 amide bonds. The molecule has 0 fully saturated rings. The molecular weight excluding hydrogens is 178 g/mol. The highest BCUT2D eigenvalue weighted by molar-refractivity contribution is 5.78. The van der Waals surface area contributed by atoms with Crippen LogP contribution < -0.4 is 11.1 Å². The van der Waals surface area contributed by atoms with Gasteiger partial charge in [-0.15, -0.1) is 0 Å². The summed E-state index contributed by atoms with van der Waals surface area (Å²) in [6.07, 6.45) is 0. The second kappa shape index (κ2) is 5.32. The van der Waals surface area contributed by atoms with Crippen LogP contribution in [-0.2, 0) is 4.79 Å². The van der Waals surface area contributed by atoms with Gasteiger partial charge >= 0.3 is 0 Å². The third kappa shape index (κ3) is 4.07. The summed E-state index contributed by atoms with van der Waals surface area (Å²) in [7, 11) is 3.74. The van der Waals surface area contributed by atoms with Crippen LogP contribution in [0.25, 0.3) is 0 Å². The molecule has 0 aliphatic carbocycles. The smallest absolute Gasteiger partial charge is 0.234 e. The van der Waals surface area contributed by atoms with Crippen LogP contribution in [0.15, 0.2) is 0 Å². The van der Waals surface area contributed by atoms with Gasteiger partial charge in [-0.3, -0.25) is 4.79 Å². The Bertz CT molecular complexity index is 192. The summed E-state index contributed by atoms with van der Waals surface area (Å²) in [6, 6.07) is 0. The number of likely N-dealkylation sites (N-methyl/N-ethyl adjacent to an activating group) is 1. The molecule has 14 heavy (non-hydrogen) atoms. The van der Waals surface area contributed by atoms with E-state index in [2.05, 4.69) is 19.2 Å². The summed E-state index contributed by atoms with van der Waals surface area (Å²) in [5.41, 5.74) is 5.36. The van der Waals surface area contributed by atoms with E-state index in [9.17, 15) is 4.79 Å². The fourth-order valence-electron chi connectivity index (χ4n) is 1.08. The molecule has 0 aliphatic rings. The van der Waals surface area contributed by atoms with Crippen molar-refractivity contribution in [2.75, 3.05) is 27.2 Å². The second-order valence-corrected chi connectivity index (χ2v) is 4.56. The molecule has 0 radical (unpaired) electrons. The molecule has 4 nitrogen and oxygen atoms in total. The van der Waals surface area contributed by atoms with Gasteiger partial charge in [-0.05, 0) is 26.9 Å². The number of nitrogens with two attached hydrogens (primary N) is 1. The first-order chi connectivity index (χ1) is 6.31. The van der Waals surface area contributed by atoms with E-state index in [1.165, 1.54) is 0 Å². The number of hydrogen-bond donors (Lipinski definition) is 2. The minimum absolute atomic E-state index is 0.0247. The van der Waals surface area contributed by atoms with Gasteiger partial charge in [-0.1, -0.05) is 13.8 Å². The lowest BCUT2D eigenvalue weighted by molar-refractivity contribution is -0.123. The van der Waals surface area contributed by atoms with Crippen LogP contribution >= 0.6 is 0 Å². The molecule has 0 bridgehead atoms. The molecule has 0 aromatic heterocycles. The Morgan fingerprint density at radius 2 is 2.00 bits per heavy atom. The van der Waals surface area contributed by atoms with Crippen LogP contribution in [-0.4, -0.2) is 43.5 Å². The minimum Gasteiger partial charge on any atom is -0.348 e. The Labute approximate surface area is 86.8 Å². The van der Waals surface area contributed by atoms with Crippen LogP contribution in [0.4, 0.5) is 0 Å². The van der Waals surface area contributed by atoms with E-state index in [4.69, 9.17) is 5.73 Å². The summed E-state index contributed by atoms with van der Waals surface area (Å²) in [4.78, 5) is 13.4. The summed E-state index contributed by atoms with van der Waals surface area (Å²) in [5, 5.41) is 2.97. The topological polar surface area (TPSA) is 58.4 Å². The van der Waals surface area contributed by atoms with Gasteiger partial charge in [-0.2, -0.15) is 0 Å². The first kappa shape index (κ1) is 13.4. The van der Waals surface area contributed by atoms with Crippen LogP contribution in [0.3, 0.4) is 0 Å². The Kier molecular flexibility index (Phi) is 5.08. The number of amides is 1. The molecule has 0 saturated carbocycles. The average molecular weight is 201 g/mol. The minimum atomic E-state index is -0.299.